The van der Waals surface area contributed by atoms with E-state index in [1.54, 1.807) is 6.20 Å². The van der Waals surface area contributed by atoms with Crippen molar-refractivity contribution in [1.29, 1.82) is 0 Å². The lowest BCUT2D eigenvalue weighted by Crippen LogP contribution is -1.93. The van der Waals surface area contributed by atoms with Crippen LogP contribution in [0.5, 0.6) is 0 Å². The largest absolute Gasteiger partial charge is 0.401 e. The third-order valence-corrected chi connectivity index (χ3v) is 1.26. The summed E-state index contributed by atoms with van der Waals surface area (Å²) in [6, 6.07) is 0. The lowest BCUT2D eigenvalue weighted by atomic mass is 10.1. The summed E-state index contributed by atoms with van der Waals surface area (Å²) in [5.41, 5.74) is 6.12. The minimum absolute atomic E-state index is 0.551. The molecule has 58 valence electrons. The molecule has 2 heteroatoms. The van der Waals surface area contributed by atoms with Gasteiger partial charge >= 0.3 is 0 Å². The summed E-state index contributed by atoms with van der Waals surface area (Å²) in [4.78, 5) is 4.03. The maximum Gasteiger partial charge on any atom is 0.0448 e. The normalized spacial score (nSPS) is 16.1. The first-order chi connectivity index (χ1) is 4.66. The second-order valence-corrected chi connectivity index (χ2v) is 2.56. The minimum Gasteiger partial charge on any atom is -0.401 e. The zero-order valence-corrected chi connectivity index (χ0v) is 6.96. The Morgan fingerprint density at radius 3 is 2.70 bits per heavy atom. The predicted octanol–water partition coefficient (Wildman–Crippen LogP) is 1.92. The van der Waals surface area contributed by atoms with Gasteiger partial charge in [-0.15, -0.1) is 0 Å². The Bertz CT molecular complexity index is 132. The van der Waals surface area contributed by atoms with Crippen molar-refractivity contribution in [2.45, 2.75) is 27.2 Å². The molecule has 0 amide bonds. The fourth-order valence-corrected chi connectivity index (χ4v) is 0.413. The molecule has 0 radical (unpaired) electrons. The van der Waals surface area contributed by atoms with Crippen LogP contribution in [0.4, 0.5) is 0 Å². The van der Waals surface area contributed by atoms with Crippen molar-refractivity contribution < 1.29 is 0 Å². The first kappa shape index (κ1) is 9.21. The molecule has 0 saturated carbocycles. The molecular formula is C8H16N2. The third-order valence-electron chi connectivity index (χ3n) is 1.26. The topological polar surface area (TPSA) is 38.4 Å². The highest BCUT2D eigenvalue weighted by molar-refractivity contribution is 5.60. The van der Waals surface area contributed by atoms with Gasteiger partial charge in [0.1, 0.15) is 0 Å². The van der Waals surface area contributed by atoms with E-state index in [0.717, 1.165) is 12.1 Å². The third kappa shape index (κ3) is 5.35. The van der Waals surface area contributed by atoms with Gasteiger partial charge in [0.15, 0.2) is 0 Å². The van der Waals surface area contributed by atoms with Gasteiger partial charge in [-0.25, -0.2) is 0 Å². The molecule has 0 bridgehead atoms. The van der Waals surface area contributed by atoms with Crippen LogP contribution in [0.1, 0.15) is 27.2 Å². The molecule has 0 aliphatic heterocycles. The first-order valence-corrected chi connectivity index (χ1v) is 3.62. The van der Waals surface area contributed by atoms with Crippen LogP contribution in [-0.2, 0) is 0 Å². The molecule has 0 aromatic rings. The van der Waals surface area contributed by atoms with E-state index in [2.05, 4.69) is 18.8 Å². The van der Waals surface area contributed by atoms with Crippen molar-refractivity contribution in [3.8, 4) is 0 Å². The molecule has 2 N–H and O–H groups in total. The van der Waals surface area contributed by atoms with Crippen molar-refractivity contribution in [2.24, 2.45) is 16.6 Å². The quantitative estimate of drug-likeness (QED) is 0.597. The second-order valence-electron chi connectivity index (χ2n) is 2.56. The Balaban J connectivity index is 3.66. The molecule has 0 aromatic heterocycles. The fourth-order valence-electron chi connectivity index (χ4n) is 0.413. The standard InChI is InChI=1S/C8H16N2/c1-4-7(2)5-10-6-8(3)9/h5-7H,4,9H2,1-3H3/b8-6-,10-5?. The summed E-state index contributed by atoms with van der Waals surface area (Å²) in [5, 5.41) is 0. The smallest absolute Gasteiger partial charge is 0.0448 e. The van der Waals surface area contributed by atoms with Crippen LogP contribution in [0, 0.1) is 5.92 Å². The predicted molar refractivity (Wildman–Crippen MR) is 45.9 cm³/mol. The van der Waals surface area contributed by atoms with Crippen molar-refractivity contribution >= 4 is 6.21 Å². The van der Waals surface area contributed by atoms with E-state index in [-0.39, 0.29) is 0 Å². The molecule has 0 spiro atoms. The highest BCUT2D eigenvalue weighted by Crippen LogP contribution is 1.95. The lowest BCUT2D eigenvalue weighted by molar-refractivity contribution is 0.754. The number of rotatable bonds is 3. The number of nitrogens with two attached hydrogens (primary N) is 1. The van der Waals surface area contributed by atoms with Crippen molar-refractivity contribution in [2.75, 3.05) is 0 Å². The van der Waals surface area contributed by atoms with Gasteiger partial charge in [-0.2, -0.15) is 0 Å². The Morgan fingerprint density at radius 1 is 1.70 bits per heavy atom. The molecule has 1 atom stereocenters. The maximum atomic E-state index is 5.37. The number of hydrogen-bond donors (Lipinski definition) is 1. The zero-order chi connectivity index (χ0) is 7.98. The van der Waals surface area contributed by atoms with E-state index < -0.39 is 0 Å². The zero-order valence-electron chi connectivity index (χ0n) is 6.96. The highest BCUT2D eigenvalue weighted by atomic mass is 14.7. The molecule has 0 heterocycles. The van der Waals surface area contributed by atoms with Crippen LogP contribution in [0.25, 0.3) is 0 Å². The summed E-state index contributed by atoms with van der Waals surface area (Å²) in [5.74, 6) is 0.551. The lowest BCUT2D eigenvalue weighted by Gasteiger charge is -1.95. The van der Waals surface area contributed by atoms with Crippen LogP contribution in [0.2, 0.25) is 0 Å². The van der Waals surface area contributed by atoms with E-state index in [1.807, 2.05) is 13.1 Å². The summed E-state index contributed by atoms with van der Waals surface area (Å²) >= 11 is 0. The van der Waals surface area contributed by atoms with Crippen LogP contribution in [-0.4, -0.2) is 6.21 Å². The molecule has 0 aliphatic carbocycles. The number of allylic oxidation sites excluding steroid dienone is 1. The van der Waals surface area contributed by atoms with Gasteiger partial charge in [-0.05, 0) is 19.3 Å². The second kappa shape index (κ2) is 5.03. The highest BCUT2D eigenvalue weighted by Gasteiger charge is 1.88. The molecule has 1 unspecified atom stereocenters. The van der Waals surface area contributed by atoms with E-state index in [4.69, 9.17) is 5.73 Å². The molecule has 10 heavy (non-hydrogen) atoms. The van der Waals surface area contributed by atoms with Crippen molar-refractivity contribution in [3.63, 3.8) is 0 Å². The maximum absolute atomic E-state index is 5.37. The van der Waals surface area contributed by atoms with Gasteiger partial charge in [0.05, 0.1) is 0 Å². The van der Waals surface area contributed by atoms with Gasteiger partial charge in [0.25, 0.3) is 0 Å². The molecule has 0 fully saturated rings. The monoisotopic (exact) mass is 140 g/mol. The fraction of sp³-hybridized carbons (Fsp3) is 0.625. The van der Waals surface area contributed by atoms with Crippen molar-refractivity contribution in [3.05, 3.63) is 11.9 Å². The average molecular weight is 140 g/mol. The van der Waals surface area contributed by atoms with Gasteiger partial charge in [-0.3, -0.25) is 4.99 Å². The Morgan fingerprint density at radius 2 is 2.30 bits per heavy atom. The Labute approximate surface area is 62.8 Å². The number of aliphatic imine (C=N–C) groups is 1. The molecule has 2 nitrogen and oxygen atoms in total. The minimum atomic E-state index is 0.551. The van der Waals surface area contributed by atoms with E-state index >= 15 is 0 Å². The SMILES string of the molecule is CCC(C)C=N/C=C(/C)N. The van der Waals surface area contributed by atoms with Crippen LogP contribution in [0.3, 0.4) is 0 Å². The van der Waals surface area contributed by atoms with Crippen LogP contribution < -0.4 is 5.73 Å². The number of nitrogens with zero attached hydrogens (tertiary/aromatic N) is 1. The molecule has 0 aliphatic rings. The van der Waals surface area contributed by atoms with E-state index in [9.17, 15) is 0 Å². The average Bonchev–Trinajstić information content (AvgIpc) is 1.87. The van der Waals surface area contributed by atoms with E-state index in [0.29, 0.717) is 5.92 Å². The molecular weight excluding hydrogens is 124 g/mol. The van der Waals surface area contributed by atoms with Gasteiger partial charge in [0, 0.05) is 18.1 Å². The van der Waals surface area contributed by atoms with Gasteiger partial charge in [0.2, 0.25) is 0 Å². The summed E-state index contributed by atoms with van der Waals surface area (Å²) in [6.45, 7) is 6.09. The van der Waals surface area contributed by atoms with E-state index in [1.165, 1.54) is 0 Å². The Hall–Kier alpha value is -0.790. The van der Waals surface area contributed by atoms with Gasteiger partial charge in [-0.1, -0.05) is 13.8 Å². The van der Waals surface area contributed by atoms with Crippen molar-refractivity contribution in [1.82, 2.24) is 0 Å². The molecule has 0 rings (SSSR count). The molecule has 0 aromatic carbocycles. The molecule has 0 saturated heterocycles. The van der Waals surface area contributed by atoms with Gasteiger partial charge < -0.3 is 5.73 Å². The summed E-state index contributed by atoms with van der Waals surface area (Å²) in [7, 11) is 0. The first-order valence-electron chi connectivity index (χ1n) is 3.62. The summed E-state index contributed by atoms with van der Waals surface area (Å²) < 4.78 is 0. The van der Waals surface area contributed by atoms with Crippen LogP contribution >= 0.6 is 0 Å². The number of hydrogen-bond acceptors (Lipinski definition) is 2. The Kier molecular flexibility index (Phi) is 4.63. The summed E-state index contributed by atoms with van der Waals surface area (Å²) in [6.07, 6.45) is 4.71. The van der Waals surface area contributed by atoms with Crippen LogP contribution in [0.15, 0.2) is 16.9 Å².